The van der Waals surface area contributed by atoms with Crippen molar-refractivity contribution < 1.29 is 18.7 Å². The molecule has 0 unspecified atom stereocenters. The molecule has 1 aliphatic rings. The summed E-state index contributed by atoms with van der Waals surface area (Å²) < 4.78 is 11.3. The molecule has 0 atom stereocenters. The second-order valence-electron chi connectivity index (χ2n) is 7.10. The van der Waals surface area contributed by atoms with E-state index < -0.39 is 5.97 Å². The summed E-state index contributed by atoms with van der Waals surface area (Å²) in [7, 11) is 0. The highest BCUT2D eigenvalue weighted by molar-refractivity contribution is 6.02. The Balaban J connectivity index is 1.69. The number of benzene rings is 2. The van der Waals surface area contributed by atoms with Crippen LogP contribution < -0.4 is 5.43 Å². The number of amides is 1. The van der Waals surface area contributed by atoms with E-state index >= 15 is 0 Å². The van der Waals surface area contributed by atoms with E-state index in [1.165, 1.54) is 6.07 Å². The van der Waals surface area contributed by atoms with Crippen LogP contribution in [0.3, 0.4) is 0 Å². The normalized spacial score (nSPS) is 13.6. The Morgan fingerprint density at radius 3 is 2.48 bits per heavy atom. The van der Waals surface area contributed by atoms with E-state index in [4.69, 9.17) is 9.15 Å². The van der Waals surface area contributed by atoms with Gasteiger partial charge in [0.2, 0.25) is 0 Å². The van der Waals surface area contributed by atoms with Crippen LogP contribution in [0.1, 0.15) is 28.8 Å². The summed E-state index contributed by atoms with van der Waals surface area (Å²) in [5.74, 6) is -0.482. The topological polar surface area (TPSA) is 76.8 Å². The van der Waals surface area contributed by atoms with Crippen LogP contribution in [0, 0.1) is 6.92 Å². The highest BCUT2D eigenvalue weighted by Crippen LogP contribution is 2.27. The minimum Gasteiger partial charge on any atom is -0.455 e. The first-order valence-electron chi connectivity index (χ1n) is 9.63. The quantitative estimate of drug-likeness (QED) is 0.636. The van der Waals surface area contributed by atoms with Crippen molar-refractivity contribution in [1.29, 1.82) is 0 Å². The molecule has 0 bridgehead atoms. The molecule has 0 radical (unpaired) electrons. The number of hydrogen-bond donors (Lipinski definition) is 0. The molecule has 0 saturated carbocycles. The summed E-state index contributed by atoms with van der Waals surface area (Å²) in [6, 6.07) is 14.0. The van der Waals surface area contributed by atoms with Crippen molar-refractivity contribution in [1.82, 2.24) is 4.90 Å². The zero-order valence-corrected chi connectivity index (χ0v) is 16.1. The zero-order chi connectivity index (χ0) is 20.4. The van der Waals surface area contributed by atoms with Crippen LogP contribution in [0.15, 0.2) is 57.7 Å². The number of nitrogens with zero attached hydrogens (tertiary/aromatic N) is 1. The number of carbonyl (C=O) groups excluding carboxylic acids is 2. The third kappa shape index (κ3) is 3.66. The van der Waals surface area contributed by atoms with E-state index in [1.54, 1.807) is 24.0 Å². The van der Waals surface area contributed by atoms with Gasteiger partial charge >= 0.3 is 5.97 Å². The van der Waals surface area contributed by atoms with Gasteiger partial charge in [0.1, 0.15) is 11.3 Å². The Bertz CT molecular complexity index is 1130. The lowest BCUT2D eigenvalue weighted by Gasteiger charge is -2.15. The van der Waals surface area contributed by atoms with Gasteiger partial charge in [0.15, 0.2) is 17.6 Å². The van der Waals surface area contributed by atoms with Gasteiger partial charge in [-0.3, -0.25) is 9.59 Å². The lowest BCUT2D eigenvalue weighted by molar-refractivity contribution is -0.133. The van der Waals surface area contributed by atoms with Crippen molar-refractivity contribution in [3.8, 4) is 11.3 Å². The Labute approximate surface area is 167 Å². The molecule has 4 rings (SSSR count). The Morgan fingerprint density at radius 1 is 1.03 bits per heavy atom. The van der Waals surface area contributed by atoms with Crippen LogP contribution in [0.2, 0.25) is 0 Å². The largest absolute Gasteiger partial charge is 0.455 e. The molecule has 6 heteroatoms. The molecule has 1 saturated heterocycles. The summed E-state index contributed by atoms with van der Waals surface area (Å²) in [6.45, 7) is 2.77. The Kier molecular flexibility index (Phi) is 5.16. The number of likely N-dealkylation sites (tertiary alicyclic amines) is 1. The van der Waals surface area contributed by atoms with Gasteiger partial charge in [-0.1, -0.05) is 36.4 Å². The van der Waals surface area contributed by atoms with Crippen LogP contribution >= 0.6 is 0 Å². The first-order valence-corrected chi connectivity index (χ1v) is 9.63. The summed E-state index contributed by atoms with van der Waals surface area (Å²) in [4.78, 5) is 39.4. The number of hydrogen-bond acceptors (Lipinski definition) is 5. The highest BCUT2D eigenvalue weighted by atomic mass is 16.5. The molecule has 1 aromatic heterocycles. The standard InChI is InChI=1S/C23H21NO5/c1-15-20(26)17-10-7-11-18(22(17)29-21(15)16-8-3-2-4-9-16)23(27)28-14-19(25)24-12-5-6-13-24/h2-4,7-11H,5-6,12-14H2,1H3. The van der Waals surface area contributed by atoms with E-state index in [-0.39, 0.29) is 29.1 Å². The van der Waals surface area contributed by atoms with Gasteiger partial charge in [-0.2, -0.15) is 0 Å². The van der Waals surface area contributed by atoms with E-state index in [9.17, 15) is 14.4 Å². The lowest BCUT2D eigenvalue weighted by Crippen LogP contribution is -2.32. The molecule has 0 spiro atoms. The molecule has 1 aliphatic heterocycles. The maximum absolute atomic E-state index is 12.9. The van der Waals surface area contributed by atoms with Crippen LogP contribution in [-0.4, -0.2) is 36.5 Å². The molecular weight excluding hydrogens is 370 g/mol. The van der Waals surface area contributed by atoms with Gasteiger partial charge in [0, 0.05) is 24.2 Å². The van der Waals surface area contributed by atoms with Gasteiger partial charge in [0.25, 0.3) is 5.91 Å². The lowest BCUT2D eigenvalue weighted by atomic mass is 10.0. The van der Waals surface area contributed by atoms with E-state index in [1.807, 2.05) is 30.3 Å². The monoisotopic (exact) mass is 391 g/mol. The number of ether oxygens (including phenoxy) is 1. The van der Waals surface area contributed by atoms with E-state index in [0.29, 0.717) is 29.8 Å². The summed E-state index contributed by atoms with van der Waals surface area (Å²) in [6.07, 6.45) is 1.94. The number of para-hydroxylation sites is 1. The van der Waals surface area contributed by atoms with Gasteiger partial charge in [0.05, 0.1) is 5.39 Å². The fourth-order valence-corrected chi connectivity index (χ4v) is 3.60. The SMILES string of the molecule is Cc1c(-c2ccccc2)oc2c(C(=O)OCC(=O)N3CCCC3)cccc2c1=O. The first kappa shape index (κ1) is 18.9. The average molecular weight is 391 g/mol. The molecule has 0 N–H and O–H groups in total. The highest BCUT2D eigenvalue weighted by Gasteiger charge is 2.22. The molecule has 2 aromatic carbocycles. The number of carbonyl (C=O) groups is 2. The first-order chi connectivity index (χ1) is 14.1. The minimum absolute atomic E-state index is 0.131. The second kappa shape index (κ2) is 7.91. The Hall–Kier alpha value is -3.41. The number of esters is 1. The minimum atomic E-state index is -0.686. The van der Waals surface area contributed by atoms with E-state index in [2.05, 4.69) is 0 Å². The average Bonchev–Trinajstić information content (AvgIpc) is 3.29. The summed E-state index contributed by atoms with van der Waals surface area (Å²) in [5.41, 5.74) is 1.31. The third-order valence-electron chi connectivity index (χ3n) is 5.19. The third-order valence-corrected chi connectivity index (χ3v) is 5.19. The van der Waals surface area contributed by atoms with Crippen molar-refractivity contribution in [2.75, 3.05) is 19.7 Å². The molecule has 1 fully saturated rings. The van der Waals surface area contributed by atoms with Crippen LogP contribution in [0.5, 0.6) is 0 Å². The fourth-order valence-electron chi connectivity index (χ4n) is 3.60. The maximum atomic E-state index is 12.9. The summed E-state index contributed by atoms with van der Waals surface area (Å²) >= 11 is 0. The number of fused-ring (bicyclic) bond motifs is 1. The predicted molar refractivity (Wildman–Crippen MR) is 109 cm³/mol. The van der Waals surface area contributed by atoms with Crippen molar-refractivity contribution in [2.24, 2.45) is 0 Å². The molecule has 2 heterocycles. The predicted octanol–water partition coefficient (Wildman–Crippen LogP) is 3.55. The smallest absolute Gasteiger partial charge is 0.342 e. The van der Waals surface area contributed by atoms with Crippen molar-refractivity contribution >= 4 is 22.8 Å². The molecular formula is C23H21NO5. The second-order valence-corrected chi connectivity index (χ2v) is 7.10. The molecule has 29 heavy (non-hydrogen) atoms. The molecule has 6 nitrogen and oxygen atoms in total. The fraction of sp³-hybridized carbons (Fsp3) is 0.261. The molecule has 0 aliphatic carbocycles. The zero-order valence-electron chi connectivity index (χ0n) is 16.1. The van der Waals surface area contributed by atoms with Crippen LogP contribution in [0.25, 0.3) is 22.3 Å². The van der Waals surface area contributed by atoms with Crippen LogP contribution in [0.4, 0.5) is 0 Å². The van der Waals surface area contributed by atoms with Crippen molar-refractivity contribution in [2.45, 2.75) is 19.8 Å². The summed E-state index contributed by atoms with van der Waals surface area (Å²) in [5, 5.41) is 0.308. The molecule has 148 valence electrons. The van der Waals surface area contributed by atoms with Crippen molar-refractivity contribution in [3.05, 3.63) is 69.9 Å². The maximum Gasteiger partial charge on any atom is 0.342 e. The molecule has 3 aromatic rings. The Morgan fingerprint density at radius 2 is 1.76 bits per heavy atom. The van der Waals surface area contributed by atoms with Gasteiger partial charge in [-0.05, 0) is 31.9 Å². The van der Waals surface area contributed by atoms with Crippen LogP contribution in [-0.2, 0) is 9.53 Å². The van der Waals surface area contributed by atoms with Gasteiger partial charge < -0.3 is 14.1 Å². The van der Waals surface area contributed by atoms with Gasteiger partial charge in [-0.25, -0.2) is 4.79 Å². The number of rotatable bonds is 4. The van der Waals surface area contributed by atoms with Crippen molar-refractivity contribution in [3.63, 3.8) is 0 Å². The van der Waals surface area contributed by atoms with E-state index in [0.717, 1.165) is 18.4 Å². The van der Waals surface area contributed by atoms with Gasteiger partial charge in [-0.15, -0.1) is 0 Å². The molecule has 1 amide bonds.